The van der Waals surface area contributed by atoms with E-state index < -0.39 is 0 Å². The Balaban J connectivity index is 1.53. The summed E-state index contributed by atoms with van der Waals surface area (Å²) in [7, 11) is 0. The Morgan fingerprint density at radius 1 is 0.735 bits per heavy atom. The third-order valence-electron chi connectivity index (χ3n) is 5.71. The first-order chi connectivity index (χ1) is 16.3. The Labute approximate surface area is 202 Å². The fourth-order valence-electron chi connectivity index (χ4n) is 3.88. The van der Waals surface area contributed by atoms with Crippen LogP contribution in [0.4, 0.5) is 11.4 Å². The van der Waals surface area contributed by atoms with E-state index in [1.807, 2.05) is 62.4 Å². The molecule has 2 amide bonds. The first-order valence-corrected chi connectivity index (χ1v) is 11.7. The van der Waals surface area contributed by atoms with E-state index in [1.54, 1.807) is 0 Å². The quantitative estimate of drug-likeness (QED) is 0.426. The van der Waals surface area contributed by atoms with Crippen LogP contribution in [0.3, 0.4) is 0 Å². The van der Waals surface area contributed by atoms with E-state index in [0.717, 1.165) is 11.1 Å². The third-order valence-corrected chi connectivity index (χ3v) is 5.71. The summed E-state index contributed by atoms with van der Waals surface area (Å²) in [6.45, 7) is 12.3. The van der Waals surface area contributed by atoms with Crippen molar-refractivity contribution >= 4 is 23.2 Å². The van der Waals surface area contributed by atoms with Gasteiger partial charge in [-0.2, -0.15) is 0 Å². The third kappa shape index (κ3) is 7.24. The molecule has 0 heterocycles. The molecule has 0 spiro atoms. The molecule has 2 N–H and O–H groups in total. The van der Waals surface area contributed by atoms with Gasteiger partial charge in [-0.3, -0.25) is 9.59 Å². The van der Waals surface area contributed by atoms with Gasteiger partial charge in [-0.1, -0.05) is 37.4 Å². The number of carbonyl (C=O) groups excluding carboxylic acids is 2. The average molecular weight is 463 g/mol. The second kappa shape index (κ2) is 12.1. The van der Waals surface area contributed by atoms with Gasteiger partial charge in [0.1, 0.15) is 24.7 Å². The fraction of sp³-hybridized carbons (Fsp3) is 0.357. The van der Waals surface area contributed by atoms with Crippen LogP contribution in [-0.4, -0.2) is 25.0 Å². The molecule has 34 heavy (non-hydrogen) atoms. The van der Waals surface area contributed by atoms with E-state index in [9.17, 15) is 9.59 Å². The molecule has 0 atom stereocenters. The molecule has 2 aromatic rings. The van der Waals surface area contributed by atoms with Gasteiger partial charge in [-0.05, 0) is 74.9 Å². The van der Waals surface area contributed by atoms with Crippen LogP contribution >= 0.6 is 0 Å². The SMILES string of the molecule is C=C(C)COc1ccccc1NC(=O)C1CCC(C(=O)Nc2ccccc2OCC(=C)C)CC1. The zero-order chi connectivity index (χ0) is 24.5. The molecule has 1 fully saturated rings. The minimum absolute atomic E-state index is 0.0382. The zero-order valence-electron chi connectivity index (χ0n) is 20.1. The molecule has 6 nitrogen and oxygen atoms in total. The number of nitrogens with one attached hydrogen (secondary N) is 2. The summed E-state index contributed by atoms with van der Waals surface area (Å²) in [4.78, 5) is 25.8. The van der Waals surface area contributed by atoms with E-state index in [0.29, 0.717) is 61.8 Å². The van der Waals surface area contributed by atoms with Crippen LogP contribution in [-0.2, 0) is 9.59 Å². The molecular weight excluding hydrogens is 428 g/mol. The minimum Gasteiger partial charge on any atom is -0.487 e. The zero-order valence-corrected chi connectivity index (χ0v) is 20.1. The van der Waals surface area contributed by atoms with Crippen molar-refractivity contribution in [2.24, 2.45) is 11.8 Å². The summed E-state index contributed by atoms with van der Waals surface area (Å²) >= 11 is 0. The van der Waals surface area contributed by atoms with Crippen LogP contribution in [0.2, 0.25) is 0 Å². The molecule has 0 unspecified atom stereocenters. The molecule has 180 valence electrons. The lowest BCUT2D eigenvalue weighted by Gasteiger charge is -2.27. The van der Waals surface area contributed by atoms with Crippen LogP contribution in [0.1, 0.15) is 39.5 Å². The molecular formula is C28H34N2O4. The van der Waals surface area contributed by atoms with Gasteiger partial charge in [0.25, 0.3) is 0 Å². The lowest BCUT2D eigenvalue weighted by atomic mass is 9.81. The van der Waals surface area contributed by atoms with Crippen LogP contribution < -0.4 is 20.1 Å². The van der Waals surface area contributed by atoms with Crippen LogP contribution in [0.25, 0.3) is 0 Å². The van der Waals surface area contributed by atoms with Gasteiger partial charge in [0.05, 0.1) is 11.4 Å². The number of para-hydroxylation sites is 4. The van der Waals surface area contributed by atoms with E-state index in [2.05, 4.69) is 23.8 Å². The summed E-state index contributed by atoms with van der Waals surface area (Å²) in [5.41, 5.74) is 3.12. The Hall–Kier alpha value is -3.54. The van der Waals surface area contributed by atoms with Gasteiger partial charge in [-0.15, -0.1) is 0 Å². The molecule has 6 heteroatoms. The number of hydrogen-bond acceptors (Lipinski definition) is 4. The maximum Gasteiger partial charge on any atom is 0.227 e. The molecule has 0 bridgehead atoms. The standard InChI is InChI=1S/C28H34N2O4/c1-19(2)17-33-25-11-7-5-9-23(25)29-27(31)21-13-15-22(16-14-21)28(32)30-24-10-6-8-12-26(24)34-18-20(3)4/h5-12,21-22H,1,3,13-18H2,2,4H3,(H,29,31)(H,30,32). The fourth-order valence-corrected chi connectivity index (χ4v) is 3.88. The molecule has 1 saturated carbocycles. The van der Waals surface area contributed by atoms with Gasteiger partial charge in [0.2, 0.25) is 11.8 Å². The van der Waals surface area contributed by atoms with Crippen molar-refractivity contribution in [2.45, 2.75) is 39.5 Å². The van der Waals surface area contributed by atoms with Gasteiger partial charge in [0, 0.05) is 11.8 Å². The Morgan fingerprint density at radius 2 is 1.09 bits per heavy atom. The van der Waals surface area contributed by atoms with Crippen molar-refractivity contribution in [1.82, 2.24) is 0 Å². The number of ether oxygens (including phenoxy) is 2. The van der Waals surface area contributed by atoms with Crippen molar-refractivity contribution in [3.63, 3.8) is 0 Å². The van der Waals surface area contributed by atoms with Crippen molar-refractivity contribution in [3.05, 3.63) is 72.8 Å². The van der Waals surface area contributed by atoms with E-state index in [-0.39, 0.29) is 23.7 Å². The summed E-state index contributed by atoms with van der Waals surface area (Å²) in [6.07, 6.45) is 2.64. The van der Waals surface area contributed by atoms with Crippen LogP contribution in [0.15, 0.2) is 72.8 Å². The number of benzene rings is 2. The number of amides is 2. The Morgan fingerprint density at radius 3 is 1.44 bits per heavy atom. The first-order valence-electron chi connectivity index (χ1n) is 11.7. The van der Waals surface area contributed by atoms with Gasteiger partial charge >= 0.3 is 0 Å². The maximum absolute atomic E-state index is 12.9. The second-order valence-corrected chi connectivity index (χ2v) is 9.01. The molecule has 0 radical (unpaired) electrons. The largest absolute Gasteiger partial charge is 0.487 e. The highest BCUT2D eigenvalue weighted by Crippen LogP contribution is 2.33. The lowest BCUT2D eigenvalue weighted by Crippen LogP contribution is -2.32. The summed E-state index contributed by atoms with van der Waals surface area (Å²) in [5.74, 6) is 0.903. The predicted molar refractivity (Wildman–Crippen MR) is 136 cm³/mol. The topological polar surface area (TPSA) is 76.7 Å². The summed E-state index contributed by atoms with van der Waals surface area (Å²) < 4.78 is 11.5. The number of anilines is 2. The van der Waals surface area contributed by atoms with Gasteiger partial charge in [0.15, 0.2) is 0 Å². The number of carbonyl (C=O) groups is 2. The van der Waals surface area contributed by atoms with Crippen molar-refractivity contribution in [1.29, 1.82) is 0 Å². The molecule has 1 aliphatic rings. The predicted octanol–water partition coefficient (Wildman–Crippen LogP) is 5.98. The molecule has 3 rings (SSSR count). The lowest BCUT2D eigenvalue weighted by molar-refractivity contribution is -0.125. The van der Waals surface area contributed by atoms with Gasteiger partial charge in [-0.25, -0.2) is 0 Å². The highest BCUT2D eigenvalue weighted by Gasteiger charge is 2.30. The number of rotatable bonds is 10. The number of hydrogen-bond donors (Lipinski definition) is 2. The molecule has 0 aliphatic heterocycles. The Kier molecular flexibility index (Phi) is 8.91. The van der Waals surface area contributed by atoms with Gasteiger partial charge < -0.3 is 20.1 Å². The summed E-state index contributed by atoms with van der Waals surface area (Å²) in [6, 6.07) is 14.8. The van der Waals surface area contributed by atoms with E-state index in [1.165, 1.54) is 0 Å². The van der Waals surface area contributed by atoms with E-state index >= 15 is 0 Å². The molecule has 2 aromatic carbocycles. The maximum atomic E-state index is 12.9. The van der Waals surface area contributed by atoms with Crippen LogP contribution in [0, 0.1) is 11.8 Å². The van der Waals surface area contributed by atoms with E-state index in [4.69, 9.17) is 9.47 Å². The highest BCUT2D eigenvalue weighted by atomic mass is 16.5. The normalized spacial score (nSPS) is 17.4. The summed E-state index contributed by atoms with van der Waals surface area (Å²) in [5, 5.41) is 6.00. The molecule has 1 aliphatic carbocycles. The van der Waals surface area contributed by atoms with Crippen molar-refractivity contribution < 1.29 is 19.1 Å². The van der Waals surface area contributed by atoms with Crippen molar-refractivity contribution in [3.8, 4) is 11.5 Å². The van der Waals surface area contributed by atoms with Crippen LogP contribution in [0.5, 0.6) is 11.5 Å². The first kappa shape index (κ1) is 25.1. The average Bonchev–Trinajstić information content (AvgIpc) is 2.83. The highest BCUT2D eigenvalue weighted by molar-refractivity contribution is 5.95. The molecule has 0 saturated heterocycles. The smallest absolute Gasteiger partial charge is 0.227 e. The molecule has 0 aromatic heterocycles. The Bertz CT molecular complexity index is 955. The second-order valence-electron chi connectivity index (χ2n) is 9.01. The van der Waals surface area contributed by atoms with Crippen molar-refractivity contribution in [2.75, 3.05) is 23.8 Å². The monoisotopic (exact) mass is 462 g/mol. The minimum atomic E-state index is -0.135.